The number of Topliss-reactive ketones (excluding diaryl/α,β-unsaturated/α-hetero) is 2. The first-order chi connectivity index (χ1) is 12.2. The van der Waals surface area contributed by atoms with Crippen molar-refractivity contribution in [1.29, 1.82) is 0 Å². The van der Waals surface area contributed by atoms with Gasteiger partial charge in [-0.2, -0.15) is 0 Å². The first-order valence-electron chi connectivity index (χ1n) is 10.5. The Labute approximate surface area is 165 Å². The molecule has 4 saturated carbocycles. The molecule has 0 amide bonds. The summed E-state index contributed by atoms with van der Waals surface area (Å²) in [5.41, 5.74) is -0.0960. The van der Waals surface area contributed by atoms with Crippen molar-refractivity contribution in [2.45, 2.75) is 71.8 Å². The van der Waals surface area contributed by atoms with E-state index in [9.17, 15) is 14.7 Å². The lowest BCUT2D eigenvalue weighted by molar-refractivity contribution is -0.162. The number of halogens is 1. The predicted octanol–water partition coefficient (Wildman–Crippen LogP) is 4.40. The highest BCUT2D eigenvalue weighted by atomic mass is 79.9. The van der Waals surface area contributed by atoms with Crippen LogP contribution < -0.4 is 0 Å². The monoisotopic (exact) mass is 424 g/mol. The second-order valence-corrected chi connectivity index (χ2v) is 11.0. The molecule has 0 aromatic heterocycles. The van der Waals surface area contributed by atoms with Crippen LogP contribution in [0.2, 0.25) is 0 Å². The number of carbonyl (C=O) groups is 2. The molecule has 0 heterocycles. The lowest BCUT2D eigenvalue weighted by atomic mass is 9.44. The Hall–Kier alpha value is -0.220. The second-order valence-electron chi connectivity index (χ2n) is 10.4. The summed E-state index contributed by atoms with van der Waals surface area (Å²) in [5, 5.41) is 10.6. The maximum atomic E-state index is 13.5. The van der Waals surface area contributed by atoms with Crippen LogP contribution in [0, 0.1) is 46.3 Å². The van der Waals surface area contributed by atoms with Crippen LogP contribution in [-0.4, -0.2) is 28.1 Å². The molecule has 0 radical (unpaired) electrons. The first-order valence-corrected chi connectivity index (χ1v) is 11.6. The SMILES string of the molecule is C[C@@H]1C[C@H]2[C@@H]3CC[C@@H]4C[C@H](O)CC[C@]4(C)[C@H]3C(=O)C[C@]2(C)[C@H]1C(=O)CBr. The van der Waals surface area contributed by atoms with Gasteiger partial charge >= 0.3 is 0 Å². The molecule has 0 saturated heterocycles. The van der Waals surface area contributed by atoms with E-state index in [1.54, 1.807) is 0 Å². The molecule has 0 spiro atoms. The van der Waals surface area contributed by atoms with Crippen LogP contribution in [0.15, 0.2) is 0 Å². The summed E-state index contributed by atoms with van der Waals surface area (Å²) in [6, 6.07) is 0. The predicted molar refractivity (Wildman–Crippen MR) is 105 cm³/mol. The van der Waals surface area contributed by atoms with Crippen molar-refractivity contribution in [1.82, 2.24) is 0 Å². The molecule has 9 atom stereocenters. The highest BCUT2D eigenvalue weighted by Gasteiger charge is 2.65. The number of alkyl halides is 1. The van der Waals surface area contributed by atoms with Crippen LogP contribution in [0.5, 0.6) is 0 Å². The van der Waals surface area contributed by atoms with Crippen molar-refractivity contribution in [2.75, 3.05) is 5.33 Å². The van der Waals surface area contributed by atoms with Crippen LogP contribution in [0.1, 0.15) is 65.7 Å². The third-order valence-corrected chi connectivity index (χ3v) is 9.69. The van der Waals surface area contributed by atoms with Gasteiger partial charge in [-0.25, -0.2) is 0 Å². The maximum absolute atomic E-state index is 13.5. The molecule has 4 aliphatic carbocycles. The van der Waals surface area contributed by atoms with Crippen molar-refractivity contribution in [3.05, 3.63) is 0 Å². The summed E-state index contributed by atoms with van der Waals surface area (Å²) in [5.74, 6) is 2.67. The number of hydrogen-bond donors (Lipinski definition) is 1. The molecule has 0 bridgehead atoms. The fourth-order valence-corrected chi connectivity index (χ4v) is 8.54. The molecular formula is C22H33BrO3. The number of aliphatic hydroxyl groups excluding tert-OH is 1. The third kappa shape index (κ3) is 2.53. The van der Waals surface area contributed by atoms with Gasteiger partial charge in [-0.3, -0.25) is 9.59 Å². The lowest BCUT2D eigenvalue weighted by Gasteiger charge is -2.59. The molecule has 0 unspecified atom stereocenters. The fraction of sp³-hybridized carbons (Fsp3) is 0.909. The standard InChI is InChI=1S/C22H33BrO3/c1-12-8-16-15-5-4-13-9-14(24)6-7-21(13,2)20(15)17(25)10-22(16,3)19(12)18(26)11-23/h12-16,19-20,24H,4-11H2,1-3H3/t12-,13-,14-,15+,16+,19-,20-,21+,22+/m1/s1. The van der Waals surface area contributed by atoms with E-state index in [-0.39, 0.29) is 34.6 Å². The third-order valence-electron chi connectivity index (χ3n) is 9.14. The summed E-state index contributed by atoms with van der Waals surface area (Å²) in [6.07, 6.45) is 6.43. The fourth-order valence-electron chi connectivity index (χ4n) is 8.19. The number of rotatable bonds is 2. The van der Waals surface area contributed by atoms with Crippen molar-refractivity contribution in [2.24, 2.45) is 46.3 Å². The van der Waals surface area contributed by atoms with Gasteiger partial charge in [-0.1, -0.05) is 36.7 Å². The van der Waals surface area contributed by atoms with Crippen LogP contribution in [0.3, 0.4) is 0 Å². The summed E-state index contributed by atoms with van der Waals surface area (Å²) in [4.78, 5) is 26.2. The summed E-state index contributed by atoms with van der Waals surface area (Å²) in [6.45, 7) is 6.79. The van der Waals surface area contributed by atoms with Gasteiger partial charge in [0.15, 0.2) is 0 Å². The summed E-state index contributed by atoms with van der Waals surface area (Å²) in [7, 11) is 0. The molecule has 4 rings (SSSR count). The van der Waals surface area contributed by atoms with Gasteiger partial charge in [0.1, 0.15) is 11.6 Å². The Balaban J connectivity index is 1.69. The van der Waals surface area contributed by atoms with Crippen LogP contribution >= 0.6 is 15.9 Å². The Kier molecular flexibility index (Phi) is 4.71. The molecular weight excluding hydrogens is 392 g/mol. The van der Waals surface area contributed by atoms with Gasteiger partial charge < -0.3 is 5.11 Å². The summed E-state index contributed by atoms with van der Waals surface area (Å²) < 4.78 is 0. The second kappa shape index (κ2) is 6.40. The largest absolute Gasteiger partial charge is 0.393 e. The van der Waals surface area contributed by atoms with E-state index in [0.29, 0.717) is 41.2 Å². The summed E-state index contributed by atoms with van der Waals surface area (Å²) >= 11 is 3.38. The van der Waals surface area contributed by atoms with E-state index < -0.39 is 0 Å². The number of aliphatic hydroxyl groups is 1. The lowest BCUT2D eigenvalue weighted by Crippen LogP contribution is -2.58. The highest BCUT2D eigenvalue weighted by molar-refractivity contribution is 9.09. The van der Waals surface area contributed by atoms with Gasteiger partial charge in [-0.15, -0.1) is 0 Å². The van der Waals surface area contributed by atoms with Crippen molar-refractivity contribution >= 4 is 27.5 Å². The quantitative estimate of drug-likeness (QED) is 0.668. The van der Waals surface area contributed by atoms with E-state index >= 15 is 0 Å². The van der Waals surface area contributed by atoms with Crippen LogP contribution in [-0.2, 0) is 9.59 Å². The van der Waals surface area contributed by atoms with Crippen LogP contribution in [0.25, 0.3) is 0 Å². The number of ketones is 2. The normalized spacial score (nSPS) is 53.6. The Morgan fingerprint density at radius 1 is 1.19 bits per heavy atom. The van der Waals surface area contributed by atoms with E-state index in [0.717, 1.165) is 38.5 Å². The number of hydrogen-bond acceptors (Lipinski definition) is 3. The Bertz CT molecular complexity index is 619. The zero-order valence-corrected chi connectivity index (χ0v) is 17.9. The number of fused-ring (bicyclic) bond motifs is 5. The van der Waals surface area contributed by atoms with E-state index in [1.807, 2.05) is 0 Å². The van der Waals surface area contributed by atoms with Gasteiger partial charge in [0.05, 0.1) is 11.4 Å². The minimum atomic E-state index is -0.180. The minimum absolute atomic E-state index is 0.0236. The molecule has 26 heavy (non-hydrogen) atoms. The molecule has 4 heteroatoms. The average molecular weight is 425 g/mol. The molecule has 1 N–H and O–H groups in total. The van der Waals surface area contributed by atoms with Gasteiger partial charge in [0, 0.05) is 18.3 Å². The van der Waals surface area contributed by atoms with E-state index in [2.05, 4.69) is 36.7 Å². The van der Waals surface area contributed by atoms with Gasteiger partial charge in [-0.05, 0) is 73.0 Å². The van der Waals surface area contributed by atoms with Crippen molar-refractivity contribution in [3.8, 4) is 0 Å². The molecule has 0 aromatic carbocycles. The van der Waals surface area contributed by atoms with Gasteiger partial charge in [0.2, 0.25) is 0 Å². The van der Waals surface area contributed by atoms with Crippen molar-refractivity contribution < 1.29 is 14.7 Å². The zero-order chi connectivity index (χ0) is 18.9. The zero-order valence-electron chi connectivity index (χ0n) is 16.3. The van der Waals surface area contributed by atoms with Crippen LogP contribution in [0.4, 0.5) is 0 Å². The Morgan fingerprint density at radius 3 is 2.62 bits per heavy atom. The molecule has 146 valence electrons. The minimum Gasteiger partial charge on any atom is -0.393 e. The molecule has 3 nitrogen and oxygen atoms in total. The Morgan fingerprint density at radius 2 is 1.92 bits per heavy atom. The molecule has 0 aromatic rings. The average Bonchev–Trinajstić information content (AvgIpc) is 2.84. The molecule has 4 aliphatic rings. The molecule has 0 aliphatic heterocycles. The van der Waals surface area contributed by atoms with E-state index in [1.165, 1.54) is 0 Å². The van der Waals surface area contributed by atoms with Gasteiger partial charge in [0.25, 0.3) is 0 Å². The first kappa shape index (κ1) is 19.1. The van der Waals surface area contributed by atoms with E-state index in [4.69, 9.17) is 0 Å². The smallest absolute Gasteiger partial charge is 0.147 e. The number of carbonyl (C=O) groups excluding carboxylic acids is 2. The molecule has 4 fully saturated rings. The maximum Gasteiger partial charge on any atom is 0.147 e. The van der Waals surface area contributed by atoms with Crippen molar-refractivity contribution in [3.63, 3.8) is 0 Å². The topological polar surface area (TPSA) is 54.4 Å². The highest BCUT2D eigenvalue weighted by Crippen LogP contribution is 2.67.